The second-order valence-corrected chi connectivity index (χ2v) is 5.56. The summed E-state index contributed by atoms with van der Waals surface area (Å²) in [5.74, 6) is 0.781. The van der Waals surface area contributed by atoms with E-state index >= 15 is 0 Å². The van der Waals surface area contributed by atoms with Crippen molar-refractivity contribution in [2.75, 3.05) is 5.75 Å². The van der Waals surface area contributed by atoms with Crippen LogP contribution in [0.5, 0.6) is 0 Å². The Labute approximate surface area is 130 Å². The van der Waals surface area contributed by atoms with Gasteiger partial charge >= 0.3 is 0 Å². The summed E-state index contributed by atoms with van der Waals surface area (Å²) < 4.78 is 19.7. The molecule has 0 aliphatic carbocycles. The molecule has 0 saturated carbocycles. The molecule has 2 heterocycles. The molecule has 0 aliphatic rings. The topological polar surface area (TPSA) is 77.0 Å². The van der Waals surface area contributed by atoms with E-state index in [0.29, 0.717) is 23.0 Å². The normalized spacial score (nSPS) is 12.5. The van der Waals surface area contributed by atoms with Gasteiger partial charge in [0.15, 0.2) is 0 Å². The fourth-order valence-corrected chi connectivity index (χ4v) is 2.73. The molecule has 1 aromatic carbocycles. The zero-order chi connectivity index (χ0) is 15.4. The summed E-state index contributed by atoms with van der Waals surface area (Å²) in [6.07, 6.45) is 0.865. The van der Waals surface area contributed by atoms with Gasteiger partial charge in [0.05, 0.1) is 12.4 Å². The van der Waals surface area contributed by atoms with Crippen LogP contribution in [0.1, 0.15) is 17.4 Å². The minimum atomic E-state index is -0.723. The zero-order valence-corrected chi connectivity index (χ0v) is 12.3. The Bertz CT molecular complexity index is 715. The quantitative estimate of drug-likeness (QED) is 0.702. The molecule has 0 saturated heterocycles. The van der Waals surface area contributed by atoms with Crippen molar-refractivity contribution in [1.29, 1.82) is 0 Å². The molecule has 0 spiro atoms. The maximum Gasteiger partial charge on any atom is 0.209 e. The largest absolute Gasteiger partial charge is 0.467 e. The first-order chi connectivity index (χ1) is 10.7. The fraction of sp³-hybridized carbons (Fsp3) is 0.214. The molecular weight excluding hydrogens is 307 g/mol. The molecule has 1 N–H and O–H groups in total. The van der Waals surface area contributed by atoms with Crippen molar-refractivity contribution >= 4 is 11.8 Å². The van der Waals surface area contributed by atoms with E-state index in [2.05, 4.69) is 15.5 Å². The number of halogens is 1. The Morgan fingerprint density at radius 1 is 1.27 bits per heavy atom. The van der Waals surface area contributed by atoms with E-state index in [1.54, 1.807) is 29.1 Å². The van der Waals surface area contributed by atoms with Crippen LogP contribution in [0.25, 0.3) is 0 Å². The molecule has 1 atom stereocenters. The number of hydrogen-bond acceptors (Lipinski definition) is 6. The fourth-order valence-electron chi connectivity index (χ4n) is 1.88. The van der Waals surface area contributed by atoms with Gasteiger partial charge in [-0.1, -0.05) is 23.9 Å². The standard InChI is InChI=1S/C14H13FN4O2S/c15-11-5-3-10(4-6-11)13(20)9-22-14-16-17-18-19(14)8-12-2-1-7-21-12/h1-7,13,20H,8-9H2. The molecule has 22 heavy (non-hydrogen) atoms. The predicted octanol–water partition coefficient (Wildman–Crippen LogP) is 2.28. The first-order valence-electron chi connectivity index (χ1n) is 6.57. The Morgan fingerprint density at radius 2 is 2.09 bits per heavy atom. The highest BCUT2D eigenvalue weighted by Gasteiger charge is 2.13. The highest BCUT2D eigenvalue weighted by molar-refractivity contribution is 7.99. The van der Waals surface area contributed by atoms with Gasteiger partial charge in [0, 0.05) is 5.75 Å². The number of nitrogens with zero attached hydrogens (tertiary/aromatic N) is 4. The van der Waals surface area contributed by atoms with Crippen molar-refractivity contribution in [1.82, 2.24) is 20.2 Å². The molecule has 6 nitrogen and oxygen atoms in total. The molecule has 3 aromatic rings. The monoisotopic (exact) mass is 320 g/mol. The molecule has 3 rings (SSSR count). The second kappa shape index (κ2) is 6.71. The number of benzene rings is 1. The third kappa shape index (κ3) is 3.52. The number of tetrazole rings is 1. The molecule has 8 heteroatoms. The van der Waals surface area contributed by atoms with E-state index in [1.807, 2.05) is 6.07 Å². The predicted molar refractivity (Wildman–Crippen MR) is 77.7 cm³/mol. The number of aromatic nitrogens is 4. The lowest BCUT2D eigenvalue weighted by Gasteiger charge is -2.10. The summed E-state index contributed by atoms with van der Waals surface area (Å²) in [7, 11) is 0. The van der Waals surface area contributed by atoms with Crippen LogP contribution >= 0.6 is 11.8 Å². The number of rotatable bonds is 6. The van der Waals surface area contributed by atoms with Crippen LogP contribution < -0.4 is 0 Å². The Morgan fingerprint density at radius 3 is 2.82 bits per heavy atom. The summed E-state index contributed by atoms with van der Waals surface area (Å²) >= 11 is 1.32. The smallest absolute Gasteiger partial charge is 0.209 e. The lowest BCUT2D eigenvalue weighted by molar-refractivity contribution is 0.204. The highest BCUT2D eigenvalue weighted by Crippen LogP contribution is 2.23. The van der Waals surface area contributed by atoms with Gasteiger partial charge < -0.3 is 9.52 Å². The average Bonchev–Trinajstić information content (AvgIpc) is 3.18. The molecule has 2 aromatic heterocycles. The van der Waals surface area contributed by atoms with Gasteiger partial charge in [-0.05, 0) is 40.3 Å². The molecule has 0 bridgehead atoms. The van der Waals surface area contributed by atoms with E-state index in [9.17, 15) is 9.50 Å². The molecule has 0 radical (unpaired) electrons. The minimum absolute atomic E-state index is 0.328. The van der Waals surface area contributed by atoms with Crippen LogP contribution in [-0.2, 0) is 6.54 Å². The van der Waals surface area contributed by atoms with Crippen LogP contribution in [0.2, 0.25) is 0 Å². The third-order valence-electron chi connectivity index (χ3n) is 3.01. The SMILES string of the molecule is OC(CSc1nnnn1Cc1ccco1)c1ccc(F)cc1. The summed E-state index contributed by atoms with van der Waals surface area (Å²) in [5.41, 5.74) is 0.652. The van der Waals surface area contributed by atoms with Gasteiger partial charge in [0.25, 0.3) is 0 Å². The van der Waals surface area contributed by atoms with Crippen molar-refractivity contribution in [3.05, 3.63) is 59.8 Å². The van der Waals surface area contributed by atoms with Crippen LogP contribution in [0, 0.1) is 5.82 Å². The number of hydrogen-bond donors (Lipinski definition) is 1. The number of aliphatic hydroxyl groups excluding tert-OH is 1. The Hall–Kier alpha value is -2.19. The minimum Gasteiger partial charge on any atom is -0.467 e. The first-order valence-corrected chi connectivity index (χ1v) is 7.56. The van der Waals surface area contributed by atoms with E-state index < -0.39 is 6.10 Å². The number of thioether (sulfide) groups is 1. The van der Waals surface area contributed by atoms with E-state index in [4.69, 9.17) is 4.42 Å². The van der Waals surface area contributed by atoms with Crippen LogP contribution in [-0.4, -0.2) is 31.1 Å². The van der Waals surface area contributed by atoms with E-state index in [0.717, 1.165) is 5.76 Å². The Balaban J connectivity index is 1.62. The van der Waals surface area contributed by atoms with E-state index in [-0.39, 0.29) is 5.82 Å². The number of furan rings is 1. The van der Waals surface area contributed by atoms with Gasteiger partial charge in [0.1, 0.15) is 18.1 Å². The molecular formula is C14H13FN4O2S. The van der Waals surface area contributed by atoms with Gasteiger partial charge in [-0.3, -0.25) is 0 Å². The maximum atomic E-state index is 12.9. The van der Waals surface area contributed by atoms with Crippen LogP contribution in [0.4, 0.5) is 4.39 Å². The summed E-state index contributed by atoms with van der Waals surface area (Å²) in [6, 6.07) is 9.40. The van der Waals surface area contributed by atoms with Crippen molar-refractivity contribution in [3.63, 3.8) is 0 Å². The molecule has 114 valence electrons. The average molecular weight is 320 g/mol. The second-order valence-electron chi connectivity index (χ2n) is 4.58. The van der Waals surface area contributed by atoms with Crippen LogP contribution in [0.15, 0.2) is 52.2 Å². The van der Waals surface area contributed by atoms with Gasteiger partial charge in [-0.15, -0.1) is 5.10 Å². The number of aliphatic hydroxyl groups is 1. The van der Waals surface area contributed by atoms with Crippen LogP contribution in [0.3, 0.4) is 0 Å². The maximum absolute atomic E-state index is 12.9. The lowest BCUT2D eigenvalue weighted by atomic mass is 10.1. The third-order valence-corrected chi connectivity index (χ3v) is 4.04. The van der Waals surface area contributed by atoms with Gasteiger partial charge in [-0.2, -0.15) is 0 Å². The van der Waals surface area contributed by atoms with Crippen molar-refractivity contribution in [2.24, 2.45) is 0 Å². The molecule has 1 unspecified atom stereocenters. The molecule has 0 aliphatic heterocycles. The van der Waals surface area contributed by atoms with E-state index in [1.165, 1.54) is 23.9 Å². The molecule has 0 fully saturated rings. The van der Waals surface area contributed by atoms with Crippen molar-refractivity contribution in [2.45, 2.75) is 17.8 Å². The lowest BCUT2D eigenvalue weighted by Crippen LogP contribution is -2.05. The van der Waals surface area contributed by atoms with Crippen molar-refractivity contribution < 1.29 is 13.9 Å². The van der Waals surface area contributed by atoms with Gasteiger partial charge in [0.2, 0.25) is 5.16 Å². The highest BCUT2D eigenvalue weighted by atomic mass is 32.2. The van der Waals surface area contributed by atoms with Crippen molar-refractivity contribution in [3.8, 4) is 0 Å². The summed E-state index contributed by atoms with van der Waals surface area (Å²) in [6.45, 7) is 0.426. The summed E-state index contributed by atoms with van der Waals surface area (Å²) in [5, 5.41) is 22.2. The Kier molecular flexibility index (Phi) is 4.50. The summed E-state index contributed by atoms with van der Waals surface area (Å²) in [4.78, 5) is 0. The zero-order valence-electron chi connectivity index (χ0n) is 11.5. The first kappa shape index (κ1) is 14.7. The van der Waals surface area contributed by atoms with Gasteiger partial charge in [-0.25, -0.2) is 9.07 Å². The molecule has 0 amide bonds.